The third kappa shape index (κ3) is 1.74. The summed E-state index contributed by atoms with van der Waals surface area (Å²) in [6.45, 7) is 5.28. The van der Waals surface area contributed by atoms with Crippen molar-refractivity contribution in [1.82, 2.24) is 5.16 Å². The Morgan fingerprint density at radius 3 is 3.12 bits per heavy atom. The van der Waals surface area contributed by atoms with Crippen molar-refractivity contribution in [3.05, 3.63) is 17.8 Å². The van der Waals surface area contributed by atoms with E-state index in [1.165, 1.54) is 0 Å². The van der Waals surface area contributed by atoms with Gasteiger partial charge < -0.3 is 14.6 Å². The highest BCUT2D eigenvalue weighted by Crippen LogP contribution is 2.38. The van der Waals surface area contributed by atoms with Crippen LogP contribution in [-0.2, 0) is 0 Å². The van der Waals surface area contributed by atoms with E-state index in [0.717, 1.165) is 34.6 Å². The van der Waals surface area contributed by atoms with Crippen molar-refractivity contribution in [2.75, 3.05) is 18.5 Å². The molecule has 1 N–H and O–H groups in total. The lowest BCUT2D eigenvalue weighted by atomic mass is 10.1. The van der Waals surface area contributed by atoms with Crippen LogP contribution < -0.4 is 10.1 Å². The number of aryl methyl sites for hydroxylation is 1. The van der Waals surface area contributed by atoms with Crippen LogP contribution in [0.4, 0.5) is 5.69 Å². The van der Waals surface area contributed by atoms with Gasteiger partial charge in [0.2, 0.25) is 0 Å². The lowest BCUT2D eigenvalue weighted by molar-refractivity contribution is 0.296. The van der Waals surface area contributed by atoms with Gasteiger partial charge in [-0.15, -0.1) is 0 Å². The maximum absolute atomic E-state index is 5.88. The van der Waals surface area contributed by atoms with Crippen LogP contribution in [0, 0.1) is 6.92 Å². The molecule has 0 spiro atoms. The summed E-state index contributed by atoms with van der Waals surface area (Å²) < 4.78 is 10.9. The first-order valence-corrected chi connectivity index (χ1v) is 6.00. The molecule has 0 saturated heterocycles. The predicted octanol–water partition coefficient (Wildman–Crippen LogP) is 2.63. The molecule has 0 radical (unpaired) electrons. The molecule has 0 bridgehead atoms. The standard InChI is InChI=1S/C12H14N2O2S/c1-7-10-9(16-14-7)4-3-8-11(10)15-6-12(2,17)5-13-8/h3-4,13,17H,5-6H2,1-2H3. The van der Waals surface area contributed by atoms with Gasteiger partial charge in [-0.1, -0.05) is 5.16 Å². The number of aromatic nitrogens is 1. The second-order valence-corrected chi connectivity index (χ2v) is 5.80. The highest BCUT2D eigenvalue weighted by molar-refractivity contribution is 7.81. The minimum Gasteiger partial charge on any atom is -0.489 e. The van der Waals surface area contributed by atoms with E-state index in [2.05, 4.69) is 23.1 Å². The number of nitrogens with one attached hydrogen (secondary N) is 1. The van der Waals surface area contributed by atoms with Crippen LogP contribution in [0.5, 0.6) is 5.75 Å². The first-order chi connectivity index (χ1) is 8.07. The van der Waals surface area contributed by atoms with Gasteiger partial charge in [0.15, 0.2) is 11.3 Å². The van der Waals surface area contributed by atoms with E-state index in [-0.39, 0.29) is 4.75 Å². The van der Waals surface area contributed by atoms with Crippen LogP contribution in [0.1, 0.15) is 12.6 Å². The Bertz CT molecular complexity index is 577. The Morgan fingerprint density at radius 2 is 2.29 bits per heavy atom. The molecule has 4 nitrogen and oxygen atoms in total. The molecule has 1 aromatic carbocycles. The molecular weight excluding hydrogens is 236 g/mol. The topological polar surface area (TPSA) is 47.3 Å². The minimum absolute atomic E-state index is 0.184. The fraction of sp³-hybridized carbons (Fsp3) is 0.417. The lowest BCUT2D eigenvalue weighted by Gasteiger charge is -2.19. The highest BCUT2D eigenvalue weighted by atomic mass is 32.1. The summed E-state index contributed by atoms with van der Waals surface area (Å²) in [4.78, 5) is 0. The van der Waals surface area contributed by atoms with Crippen molar-refractivity contribution in [3.63, 3.8) is 0 Å². The van der Waals surface area contributed by atoms with Crippen molar-refractivity contribution in [3.8, 4) is 5.75 Å². The number of thiol groups is 1. The van der Waals surface area contributed by atoms with Crippen LogP contribution in [0.25, 0.3) is 11.0 Å². The largest absolute Gasteiger partial charge is 0.489 e. The smallest absolute Gasteiger partial charge is 0.171 e. The summed E-state index contributed by atoms with van der Waals surface area (Å²) in [5, 5.41) is 8.27. The van der Waals surface area contributed by atoms with Crippen LogP contribution >= 0.6 is 12.6 Å². The molecule has 90 valence electrons. The maximum Gasteiger partial charge on any atom is 0.171 e. The van der Waals surface area contributed by atoms with Crippen molar-refractivity contribution in [1.29, 1.82) is 0 Å². The molecule has 0 amide bonds. The predicted molar refractivity (Wildman–Crippen MR) is 70.1 cm³/mol. The third-order valence-electron chi connectivity index (χ3n) is 2.95. The van der Waals surface area contributed by atoms with E-state index in [9.17, 15) is 0 Å². The van der Waals surface area contributed by atoms with Crippen molar-refractivity contribution >= 4 is 29.3 Å². The molecule has 2 aromatic rings. The first-order valence-electron chi connectivity index (χ1n) is 5.55. The molecule has 5 heteroatoms. The first kappa shape index (κ1) is 10.8. The zero-order valence-electron chi connectivity index (χ0n) is 9.78. The molecule has 3 rings (SSSR count). The number of benzene rings is 1. The summed E-state index contributed by atoms with van der Waals surface area (Å²) in [5.74, 6) is 0.819. The van der Waals surface area contributed by atoms with Crippen LogP contribution in [-0.4, -0.2) is 23.1 Å². The van der Waals surface area contributed by atoms with Gasteiger partial charge in [-0.25, -0.2) is 0 Å². The quantitative estimate of drug-likeness (QED) is 0.706. The maximum atomic E-state index is 5.88. The average Bonchev–Trinajstić information content (AvgIpc) is 2.58. The molecule has 17 heavy (non-hydrogen) atoms. The number of hydrogen-bond acceptors (Lipinski definition) is 5. The average molecular weight is 250 g/mol. The second-order valence-electron chi connectivity index (χ2n) is 4.72. The van der Waals surface area contributed by atoms with E-state index < -0.39 is 0 Å². The molecule has 0 fully saturated rings. The monoisotopic (exact) mass is 250 g/mol. The Kier molecular flexibility index (Phi) is 2.26. The van der Waals surface area contributed by atoms with Gasteiger partial charge in [-0.05, 0) is 26.0 Å². The number of fused-ring (bicyclic) bond motifs is 3. The van der Waals surface area contributed by atoms with E-state index >= 15 is 0 Å². The van der Waals surface area contributed by atoms with E-state index in [1.807, 2.05) is 26.0 Å². The number of nitrogens with zero attached hydrogens (tertiary/aromatic N) is 1. The van der Waals surface area contributed by atoms with Gasteiger partial charge in [0.1, 0.15) is 6.61 Å². The summed E-state index contributed by atoms with van der Waals surface area (Å²) in [6.07, 6.45) is 0. The fourth-order valence-electron chi connectivity index (χ4n) is 2.00. The molecule has 1 aromatic heterocycles. The molecule has 1 unspecified atom stereocenters. The van der Waals surface area contributed by atoms with Gasteiger partial charge in [0.05, 0.1) is 21.5 Å². The van der Waals surface area contributed by atoms with Gasteiger partial charge in [0.25, 0.3) is 0 Å². The van der Waals surface area contributed by atoms with E-state index in [1.54, 1.807) is 0 Å². The van der Waals surface area contributed by atoms with E-state index in [0.29, 0.717) is 6.61 Å². The summed E-state index contributed by atoms with van der Waals surface area (Å²) in [7, 11) is 0. The Balaban J connectivity index is 2.18. The van der Waals surface area contributed by atoms with Crippen LogP contribution in [0.2, 0.25) is 0 Å². The molecular formula is C12H14N2O2S. The Hall–Kier alpha value is -1.36. The Labute approximate surface area is 105 Å². The van der Waals surface area contributed by atoms with Crippen molar-refractivity contribution in [2.24, 2.45) is 0 Å². The second kappa shape index (κ2) is 3.57. The van der Waals surface area contributed by atoms with Gasteiger partial charge in [-0.3, -0.25) is 0 Å². The van der Waals surface area contributed by atoms with Gasteiger partial charge in [0, 0.05) is 6.54 Å². The van der Waals surface area contributed by atoms with Crippen LogP contribution in [0.3, 0.4) is 0 Å². The summed E-state index contributed by atoms with van der Waals surface area (Å²) in [5.41, 5.74) is 2.58. The number of anilines is 1. The number of hydrogen-bond donors (Lipinski definition) is 2. The molecule has 1 aliphatic heterocycles. The number of ether oxygens (including phenoxy) is 1. The van der Waals surface area contributed by atoms with Crippen molar-refractivity contribution in [2.45, 2.75) is 18.6 Å². The van der Waals surface area contributed by atoms with Gasteiger partial charge in [-0.2, -0.15) is 12.6 Å². The zero-order chi connectivity index (χ0) is 12.0. The molecule has 2 heterocycles. The summed E-state index contributed by atoms with van der Waals surface area (Å²) in [6, 6.07) is 3.86. The zero-order valence-corrected chi connectivity index (χ0v) is 10.7. The Morgan fingerprint density at radius 1 is 1.47 bits per heavy atom. The molecule has 0 aliphatic carbocycles. The van der Waals surface area contributed by atoms with Crippen LogP contribution in [0.15, 0.2) is 16.7 Å². The van der Waals surface area contributed by atoms with Gasteiger partial charge >= 0.3 is 0 Å². The highest BCUT2D eigenvalue weighted by Gasteiger charge is 2.26. The van der Waals surface area contributed by atoms with E-state index in [4.69, 9.17) is 9.26 Å². The normalized spacial score (nSPS) is 23.7. The summed E-state index contributed by atoms with van der Waals surface area (Å²) >= 11 is 4.57. The lowest BCUT2D eigenvalue weighted by Crippen LogP contribution is -2.31. The number of rotatable bonds is 0. The SMILES string of the molecule is Cc1noc2ccc3c(c12)OCC(C)(S)CN3. The third-order valence-corrected chi connectivity index (χ3v) is 3.24. The minimum atomic E-state index is -0.184. The molecule has 0 saturated carbocycles. The molecule has 1 aliphatic rings. The van der Waals surface area contributed by atoms with Crippen molar-refractivity contribution < 1.29 is 9.26 Å². The fourth-order valence-corrected chi connectivity index (χ4v) is 2.14. The molecule has 1 atom stereocenters.